The fraction of sp³-hybridized carbons (Fsp3) is 0.393. The highest BCUT2D eigenvalue weighted by atomic mass is 35.5. The van der Waals surface area contributed by atoms with Gasteiger partial charge in [-0.25, -0.2) is 13.6 Å². The van der Waals surface area contributed by atoms with E-state index in [2.05, 4.69) is 4.98 Å². The van der Waals surface area contributed by atoms with Gasteiger partial charge in [-0.15, -0.1) is 11.8 Å². The largest absolute Gasteiger partial charge is 0.524 e. The first-order valence-electron chi connectivity index (χ1n) is 13.6. The van der Waals surface area contributed by atoms with Crippen LogP contribution in [0.3, 0.4) is 0 Å². The highest BCUT2D eigenvalue weighted by Gasteiger charge is 2.41. The predicted molar refractivity (Wildman–Crippen MR) is 162 cm³/mol. The van der Waals surface area contributed by atoms with Crippen LogP contribution in [0.5, 0.6) is 0 Å². The highest BCUT2D eigenvalue weighted by molar-refractivity contribution is 7.99. The van der Waals surface area contributed by atoms with Gasteiger partial charge in [-0.3, -0.25) is 9.36 Å². The van der Waals surface area contributed by atoms with Gasteiger partial charge in [0.2, 0.25) is 5.91 Å². The van der Waals surface area contributed by atoms with Crippen molar-refractivity contribution in [2.45, 2.75) is 43.0 Å². The molecule has 8 nitrogen and oxygen atoms in total. The number of benzene rings is 2. The van der Waals surface area contributed by atoms with Crippen LogP contribution in [0.2, 0.25) is 5.02 Å². The number of halogens is 6. The summed E-state index contributed by atoms with van der Waals surface area (Å²) in [7, 11) is 12.4. The third-order valence-corrected chi connectivity index (χ3v) is 9.36. The molecule has 0 spiro atoms. The molecule has 45 heavy (non-hydrogen) atoms. The summed E-state index contributed by atoms with van der Waals surface area (Å²) >= 11 is 6.88. The molecule has 1 fully saturated rings. The van der Waals surface area contributed by atoms with Crippen molar-refractivity contribution in [1.29, 1.82) is 0 Å². The smallest absolute Gasteiger partial charge is 0.417 e. The molecule has 2 aliphatic rings. The second-order valence-electron chi connectivity index (χ2n) is 10.9. The Morgan fingerprint density at radius 1 is 1.16 bits per heavy atom. The van der Waals surface area contributed by atoms with Crippen molar-refractivity contribution in [2.24, 2.45) is 0 Å². The minimum Gasteiger partial charge on any atom is -0.524 e. The number of anilines is 1. The number of hydrogen-bond acceptors (Lipinski definition) is 7. The average Bonchev–Trinajstić information content (AvgIpc) is 2.95. The summed E-state index contributed by atoms with van der Waals surface area (Å²) in [6.45, 7) is 3.40. The van der Waals surface area contributed by atoms with Gasteiger partial charge in [0.1, 0.15) is 25.3 Å². The minimum absolute atomic E-state index is 0.0233. The van der Waals surface area contributed by atoms with Gasteiger partial charge in [-0.05, 0) is 31.5 Å². The Balaban J connectivity index is 1.79. The third-order valence-electron chi connectivity index (χ3n) is 7.83. The monoisotopic (exact) mass is 664 g/mol. The predicted octanol–water partition coefficient (Wildman–Crippen LogP) is 4.80. The first-order valence-corrected chi connectivity index (χ1v) is 14.9. The molecule has 17 heteroatoms. The minimum atomic E-state index is -5.02. The van der Waals surface area contributed by atoms with Gasteiger partial charge in [0.25, 0.3) is 0 Å². The van der Waals surface area contributed by atoms with E-state index in [-0.39, 0.29) is 47.1 Å². The van der Waals surface area contributed by atoms with Crippen molar-refractivity contribution < 1.29 is 36.6 Å². The van der Waals surface area contributed by atoms with Crippen LogP contribution in [-0.4, -0.2) is 85.8 Å². The Morgan fingerprint density at radius 3 is 2.38 bits per heavy atom. The van der Waals surface area contributed by atoms with E-state index >= 15 is 4.39 Å². The average molecular weight is 665 g/mol. The number of aliphatic hydroxyl groups is 1. The topological polar surface area (TPSA) is 87.9 Å². The van der Waals surface area contributed by atoms with E-state index in [1.807, 2.05) is 0 Å². The summed E-state index contributed by atoms with van der Waals surface area (Å²) in [6.07, 6.45) is -5.02. The Hall–Kier alpha value is -3.23. The lowest BCUT2D eigenvalue weighted by Crippen LogP contribution is -2.59. The molecule has 3 atom stereocenters. The number of rotatable bonds is 5. The molecule has 2 aliphatic heterocycles. The van der Waals surface area contributed by atoms with Crippen LogP contribution in [0.25, 0.3) is 22.0 Å². The number of ether oxygens (including phenoxy) is 1. The van der Waals surface area contributed by atoms with Crippen LogP contribution < -0.4 is 10.6 Å². The van der Waals surface area contributed by atoms with Gasteiger partial charge in [-0.1, -0.05) is 11.6 Å². The SMILES string of the molecule is [B]/C(O)=C(\[B])C(=O)N1C(C)CN(c2nc(=O)n3c4c(c(-c5cc(Cl)c(F)cc5F)c(C(F)(F)F)cc24)SCC3COC)CC1C. The summed E-state index contributed by atoms with van der Waals surface area (Å²) in [5.41, 5.74) is -4.50. The normalized spacial score (nSPS) is 20.9. The van der Waals surface area contributed by atoms with E-state index in [1.54, 1.807) is 18.7 Å². The molecule has 1 amide bonds. The van der Waals surface area contributed by atoms with E-state index in [1.165, 1.54) is 16.6 Å². The Morgan fingerprint density at radius 2 is 1.80 bits per heavy atom. The van der Waals surface area contributed by atoms with Gasteiger partial charge in [0, 0.05) is 71.2 Å². The number of amides is 1. The number of methoxy groups -OCH3 is 1. The number of aromatic nitrogens is 2. The molecular weight excluding hydrogens is 640 g/mol. The quantitative estimate of drug-likeness (QED) is 0.138. The number of alkyl halides is 3. The maximum absolute atomic E-state index is 15.2. The standard InChI is InChI=1S/C28H24B2ClF5N4O4S/c1-11-7-38(8-12(2)39(11)26(42)21(29)24(30)41)25-15-4-16(28(34,35)36)20(14-5-17(31)19(33)6-18(14)32)23-22(15)40(27(43)37-25)13(9-44-3)10-45-23/h4-6,11-13,41H,7-10H2,1-3H3/b24-21+. The van der Waals surface area contributed by atoms with E-state index < -0.39 is 80.4 Å². The molecule has 234 valence electrons. The zero-order valence-electron chi connectivity index (χ0n) is 24.1. The number of nitrogens with zero attached hydrogens (tertiary/aromatic N) is 4. The lowest BCUT2D eigenvalue weighted by Gasteiger charge is -2.45. The van der Waals surface area contributed by atoms with Crippen molar-refractivity contribution >= 4 is 61.7 Å². The number of hydrogen-bond donors (Lipinski definition) is 1. The van der Waals surface area contributed by atoms with E-state index in [9.17, 15) is 32.3 Å². The van der Waals surface area contributed by atoms with Crippen LogP contribution in [0, 0.1) is 11.6 Å². The summed E-state index contributed by atoms with van der Waals surface area (Å²) in [5.74, 6) is -3.11. The van der Waals surface area contributed by atoms with Crippen LogP contribution in [0.1, 0.15) is 25.5 Å². The van der Waals surface area contributed by atoms with Crippen molar-refractivity contribution in [2.75, 3.05) is 37.5 Å². The summed E-state index contributed by atoms with van der Waals surface area (Å²) in [4.78, 5) is 33.7. The number of piperazine rings is 1. The lowest BCUT2D eigenvalue weighted by atomic mass is 9.85. The maximum Gasteiger partial charge on any atom is 0.417 e. The fourth-order valence-corrected chi connectivity index (χ4v) is 7.47. The van der Waals surface area contributed by atoms with E-state index in [4.69, 9.17) is 32.0 Å². The van der Waals surface area contributed by atoms with Gasteiger partial charge < -0.3 is 19.6 Å². The molecule has 2 aromatic carbocycles. The number of carbonyl (C=O) groups is 1. The molecular formula is C28H24B2ClF5N4O4S. The fourth-order valence-electron chi connectivity index (χ4n) is 6.00. The first kappa shape index (κ1) is 33.1. The Kier molecular flexibility index (Phi) is 8.97. The molecule has 1 saturated heterocycles. The van der Waals surface area contributed by atoms with Gasteiger partial charge in [-0.2, -0.15) is 18.2 Å². The van der Waals surface area contributed by atoms with Crippen LogP contribution >= 0.6 is 23.4 Å². The summed E-state index contributed by atoms with van der Waals surface area (Å²) in [6, 6.07) is 0.165. The van der Waals surface area contributed by atoms with Crippen molar-refractivity contribution in [3.05, 3.63) is 62.0 Å². The molecule has 0 saturated carbocycles. The van der Waals surface area contributed by atoms with Crippen LogP contribution in [0.4, 0.5) is 27.8 Å². The molecule has 0 bridgehead atoms. The van der Waals surface area contributed by atoms with Gasteiger partial charge in [0.05, 0.1) is 28.8 Å². The van der Waals surface area contributed by atoms with Crippen molar-refractivity contribution in [3.63, 3.8) is 0 Å². The molecule has 4 radical (unpaired) electrons. The Labute approximate surface area is 266 Å². The summed E-state index contributed by atoms with van der Waals surface area (Å²) < 4.78 is 80.2. The van der Waals surface area contributed by atoms with Crippen molar-refractivity contribution in [3.8, 4) is 11.1 Å². The maximum atomic E-state index is 15.2. The zero-order valence-corrected chi connectivity index (χ0v) is 25.7. The second-order valence-corrected chi connectivity index (χ2v) is 12.3. The second kappa shape index (κ2) is 12.2. The van der Waals surface area contributed by atoms with E-state index in [0.29, 0.717) is 6.07 Å². The zero-order chi connectivity index (χ0) is 33.1. The molecule has 5 rings (SSSR count). The van der Waals surface area contributed by atoms with Gasteiger partial charge >= 0.3 is 11.9 Å². The first-order chi connectivity index (χ1) is 21.1. The molecule has 3 heterocycles. The molecule has 3 aromatic rings. The highest BCUT2D eigenvalue weighted by Crippen LogP contribution is 2.50. The van der Waals surface area contributed by atoms with Crippen LogP contribution in [0.15, 0.2) is 39.0 Å². The van der Waals surface area contributed by atoms with Crippen LogP contribution in [-0.2, 0) is 15.7 Å². The number of aliphatic hydroxyl groups excluding tert-OH is 1. The van der Waals surface area contributed by atoms with E-state index in [0.717, 1.165) is 23.9 Å². The molecule has 3 unspecified atom stereocenters. The molecule has 1 aromatic heterocycles. The molecule has 1 N–H and O–H groups in total. The Bertz CT molecular complexity index is 1790. The summed E-state index contributed by atoms with van der Waals surface area (Å²) in [5, 5.41) is 8.91. The van der Waals surface area contributed by atoms with Crippen molar-refractivity contribution in [1.82, 2.24) is 14.5 Å². The van der Waals surface area contributed by atoms with Gasteiger partial charge in [0.15, 0.2) is 7.85 Å². The number of carbonyl (C=O) groups excluding carboxylic acids is 1. The third kappa shape index (κ3) is 5.80. The number of thioether (sulfide) groups is 1. The lowest BCUT2D eigenvalue weighted by molar-refractivity contribution is -0.137. The molecule has 0 aliphatic carbocycles.